The number of ether oxygens (including phenoxy) is 1. The molecule has 0 saturated heterocycles. The number of hydrogen-bond donors (Lipinski definition) is 0. The zero-order valence-electron chi connectivity index (χ0n) is 31.9. The predicted molar refractivity (Wildman–Crippen MR) is 218 cm³/mol. The van der Waals surface area contributed by atoms with Gasteiger partial charge >= 0.3 is 0 Å². The summed E-state index contributed by atoms with van der Waals surface area (Å²) in [6.07, 6.45) is 13.0. The first-order valence-corrected chi connectivity index (χ1v) is 19.3. The van der Waals surface area contributed by atoms with Gasteiger partial charge in [-0.15, -0.1) is 0 Å². The van der Waals surface area contributed by atoms with E-state index >= 15 is 0 Å². The van der Waals surface area contributed by atoms with Gasteiger partial charge in [0.1, 0.15) is 17.3 Å². The highest BCUT2D eigenvalue weighted by molar-refractivity contribution is 6.09. The second-order valence-corrected chi connectivity index (χ2v) is 14.7. The number of nitrogens with zero attached hydrogens (tertiary/aromatic N) is 4. The molecule has 0 amide bonds. The monoisotopic (exact) mass is 688 g/mol. The molecule has 0 N–H and O–H groups in total. The Kier molecular flexibility index (Phi) is 10.3. The van der Waals surface area contributed by atoms with E-state index < -0.39 is 0 Å². The van der Waals surface area contributed by atoms with Crippen LogP contribution in [0.5, 0.6) is 11.5 Å². The third-order valence-corrected chi connectivity index (χ3v) is 10.7. The van der Waals surface area contributed by atoms with Crippen molar-refractivity contribution in [2.45, 2.75) is 98.8 Å². The molecule has 266 valence electrons. The fourth-order valence-corrected chi connectivity index (χ4v) is 8.46. The van der Waals surface area contributed by atoms with E-state index in [9.17, 15) is 0 Å². The molecule has 0 bridgehead atoms. The zero-order valence-corrected chi connectivity index (χ0v) is 31.9. The van der Waals surface area contributed by atoms with Crippen molar-refractivity contribution in [3.63, 3.8) is 0 Å². The Morgan fingerprint density at radius 3 is 2.13 bits per heavy atom. The maximum absolute atomic E-state index is 6.60. The second-order valence-electron chi connectivity index (χ2n) is 14.7. The zero-order chi connectivity index (χ0) is 36.4. The smallest absolute Gasteiger partial charge is 0.137 e. The van der Waals surface area contributed by atoms with E-state index in [1.165, 1.54) is 62.6 Å². The Morgan fingerprint density at radius 1 is 0.692 bits per heavy atom. The highest BCUT2D eigenvalue weighted by Gasteiger charge is 2.24. The predicted octanol–water partition coefficient (Wildman–Crippen LogP) is 13.2. The summed E-state index contributed by atoms with van der Waals surface area (Å²) in [6, 6.07) is 29.9. The van der Waals surface area contributed by atoms with Crippen molar-refractivity contribution < 1.29 is 4.74 Å². The van der Waals surface area contributed by atoms with Crippen LogP contribution in [-0.2, 0) is 6.42 Å². The molecule has 3 aromatic heterocycles. The van der Waals surface area contributed by atoms with Gasteiger partial charge in [0, 0.05) is 40.9 Å². The van der Waals surface area contributed by atoms with Gasteiger partial charge < -0.3 is 4.74 Å². The van der Waals surface area contributed by atoms with E-state index in [-0.39, 0.29) is 0 Å². The van der Waals surface area contributed by atoms with Crippen LogP contribution in [0.15, 0.2) is 104 Å². The van der Waals surface area contributed by atoms with E-state index in [1.807, 2.05) is 23.0 Å². The van der Waals surface area contributed by atoms with Crippen LogP contribution in [0, 0.1) is 13.8 Å². The molecule has 0 aliphatic heterocycles. The van der Waals surface area contributed by atoms with Crippen LogP contribution < -0.4 is 4.74 Å². The van der Waals surface area contributed by atoms with Gasteiger partial charge in [-0.05, 0) is 121 Å². The SMILES string of the molecule is CCCc1ccnc(-n2c3ccccc3c3ccc(Oc4cccc(-n5cc(-c6c(C(C)CCC)c(C)cc(C)c6[C@H](C)CCC)cn5)c4)cc32)c1. The minimum atomic E-state index is 0.473. The van der Waals surface area contributed by atoms with Gasteiger partial charge in [0.15, 0.2) is 0 Å². The van der Waals surface area contributed by atoms with Gasteiger partial charge in [0.2, 0.25) is 0 Å². The second kappa shape index (κ2) is 15.2. The fourth-order valence-electron chi connectivity index (χ4n) is 8.46. The van der Waals surface area contributed by atoms with E-state index in [0.717, 1.165) is 59.7 Å². The van der Waals surface area contributed by atoms with E-state index in [1.54, 1.807) is 0 Å². The molecule has 1 unspecified atom stereocenters. The van der Waals surface area contributed by atoms with Crippen LogP contribution in [0.1, 0.15) is 106 Å². The van der Waals surface area contributed by atoms with Crippen LogP contribution in [-0.4, -0.2) is 19.3 Å². The summed E-state index contributed by atoms with van der Waals surface area (Å²) in [5.41, 5.74) is 12.7. The molecular formula is C47H52N4O. The van der Waals surface area contributed by atoms with Crippen molar-refractivity contribution in [2.24, 2.45) is 0 Å². The Bertz CT molecular complexity index is 2310. The molecule has 3 heterocycles. The molecule has 0 fully saturated rings. The molecule has 0 aliphatic carbocycles. The Labute approximate surface area is 309 Å². The standard InChI is InChI=1S/C47H52N4O/c1-8-14-31(4)45-33(6)25-34(7)46(32(5)15-9-2)47(45)36-29-49-50(30-36)37-17-13-18-38(27-37)52-39-21-22-41-40-19-11-12-20-42(40)51(43(41)28-39)44-26-35(16-10-3)23-24-48-44/h11-13,17-32H,8-10,14-16H2,1-7H3/t31-,32?/m1/s1. The summed E-state index contributed by atoms with van der Waals surface area (Å²) >= 11 is 0. The number of pyridine rings is 1. The highest BCUT2D eigenvalue weighted by Crippen LogP contribution is 2.43. The molecular weight excluding hydrogens is 637 g/mol. The van der Waals surface area contributed by atoms with Crippen molar-refractivity contribution in [1.29, 1.82) is 0 Å². The first-order chi connectivity index (χ1) is 25.3. The van der Waals surface area contributed by atoms with Crippen molar-refractivity contribution >= 4 is 21.8 Å². The molecule has 7 rings (SSSR count). The van der Waals surface area contributed by atoms with Gasteiger partial charge in [0.05, 0.1) is 22.9 Å². The molecule has 0 spiro atoms. The van der Waals surface area contributed by atoms with Crippen molar-refractivity contribution in [2.75, 3.05) is 0 Å². The number of benzene rings is 4. The fraction of sp³-hybridized carbons (Fsp3) is 0.319. The number of aromatic nitrogens is 4. The third-order valence-electron chi connectivity index (χ3n) is 10.7. The molecule has 52 heavy (non-hydrogen) atoms. The van der Waals surface area contributed by atoms with Crippen molar-refractivity contribution in [3.05, 3.63) is 131 Å². The van der Waals surface area contributed by atoms with Crippen LogP contribution in [0.25, 0.3) is 44.4 Å². The summed E-state index contributed by atoms with van der Waals surface area (Å²) in [4.78, 5) is 4.82. The normalized spacial score (nSPS) is 12.8. The van der Waals surface area contributed by atoms with Crippen LogP contribution in [0.4, 0.5) is 0 Å². The topological polar surface area (TPSA) is 44.9 Å². The van der Waals surface area contributed by atoms with Gasteiger partial charge in [-0.2, -0.15) is 5.10 Å². The average molecular weight is 689 g/mol. The number of para-hydroxylation sites is 1. The molecule has 0 radical (unpaired) electrons. The van der Waals surface area contributed by atoms with Gasteiger partial charge in [-0.25, -0.2) is 9.67 Å². The van der Waals surface area contributed by atoms with Gasteiger partial charge in [-0.3, -0.25) is 4.57 Å². The lowest BCUT2D eigenvalue weighted by Gasteiger charge is -2.26. The summed E-state index contributed by atoms with van der Waals surface area (Å²) in [5, 5.41) is 7.32. The van der Waals surface area contributed by atoms with Gasteiger partial charge in [0.25, 0.3) is 0 Å². The quantitative estimate of drug-likeness (QED) is 0.121. The average Bonchev–Trinajstić information content (AvgIpc) is 3.75. The van der Waals surface area contributed by atoms with E-state index in [0.29, 0.717) is 11.8 Å². The summed E-state index contributed by atoms with van der Waals surface area (Å²) in [7, 11) is 0. The number of aryl methyl sites for hydroxylation is 3. The van der Waals surface area contributed by atoms with Crippen LogP contribution in [0.2, 0.25) is 0 Å². The van der Waals surface area contributed by atoms with E-state index in [4.69, 9.17) is 14.8 Å². The molecule has 7 aromatic rings. The molecule has 0 saturated carbocycles. The van der Waals surface area contributed by atoms with Crippen molar-refractivity contribution in [1.82, 2.24) is 19.3 Å². The Balaban J connectivity index is 1.25. The van der Waals surface area contributed by atoms with Crippen LogP contribution in [0.3, 0.4) is 0 Å². The first kappa shape index (κ1) is 35.3. The molecule has 5 nitrogen and oxygen atoms in total. The summed E-state index contributed by atoms with van der Waals surface area (Å²) in [6.45, 7) is 16.1. The summed E-state index contributed by atoms with van der Waals surface area (Å²) < 4.78 is 10.9. The molecule has 0 aliphatic rings. The first-order valence-electron chi connectivity index (χ1n) is 19.3. The molecule has 2 atom stereocenters. The van der Waals surface area contributed by atoms with Crippen molar-refractivity contribution in [3.8, 4) is 34.1 Å². The lowest BCUT2D eigenvalue weighted by Crippen LogP contribution is -2.08. The van der Waals surface area contributed by atoms with E-state index in [2.05, 4.69) is 138 Å². The molecule has 5 heteroatoms. The Hall–Kier alpha value is -5.16. The Morgan fingerprint density at radius 2 is 1.40 bits per heavy atom. The highest BCUT2D eigenvalue weighted by atomic mass is 16.5. The third kappa shape index (κ3) is 6.77. The molecule has 4 aromatic carbocycles. The number of fused-ring (bicyclic) bond motifs is 3. The largest absolute Gasteiger partial charge is 0.457 e. The maximum atomic E-state index is 6.60. The lowest BCUT2D eigenvalue weighted by molar-refractivity contribution is 0.483. The minimum Gasteiger partial charge on any atom is -0.457 e. The minimum absolute atomic E-state index is 0.473. The van der Waals surface area contributed by atoms with Crippen LogP contribution >= 0.6 is 0 Å². The maximum Gasteiger partial charge on any atom is 0.137 e. The van der Waals surface area contributed by atoms with Gasteiger partial charge in [-0.1, -0.05) is 84.2 Å². The lowest BCUT2D eigenvalue weighted by atomic mass is 9.78. The summed E-state index contributed by atoms with van der Waals surface area (Å²) in [5.74, 6) is 3.41. The number of rotatable bonds is 13. The number of hydrogen-bond acceptors (Lipinski definition) is 3.